The van der Waals surface area contributed by atoms with Gasteiger partial charge >= 0.3 is 0 Å². The summed E-state index contributed by atoms with van der Waals surface area (Å²) in [5, 5.41) is 47.8. The molecule has 0 saturated heterocycles. The molecule has 0 rings (SSSR count). The van der Waals surface area contributed by atoms with E-state index in [1.807, 2.05) is 17.8 Å². The van der Waals surface area contributed by atoms with Crippen molar-refractivity contribution in [3.8, 4) is 0 Å². The van der Waals surface area contributed by atoms with E-state index in [1.54, 1.807) is 15.7 Å². The number of aliphatic hydroxyl groups excluding tert-OH is 4. The number of nitrogens with one attached hydrogen (secondary N) is 1. The Hall–Kier alpha value is -0.640. The number of rotatable bonds is 64. The van der Waals surface area contributed by atoms with Crippen LogP contribution in [0.25, 0.3) is 0 Å². The number of nitrogens with zero attached hydrogens (tertiary/aromatic N) is 4. The summed E-state index contributed by atoms with van der Waals surface area (Å²) in [6, 6.07) is -0.599. The predicted molar refractivity (Wildman–Crippen MR) is 351 cm³/mol. The van der Waals surface area contributed by atoms with E-state index in [1.165, 1.54) is 167 Å². The van der Waals surface area contributed by atoms with Crippen molar-refractivity contribution in [3.05, 3.63) is 0 Å². The Kier molecular flexibility index (Phi) is 59.6. The topological polar surface area (TPSA) is 140 Å². The molecule has 0 heterocycles. The highest BCUT2D eigenvalue weighted by molar-refractivity contribution is 8.76. The molecular formula is C67H137N5O6S2. The molecule has 0 aliphatic rings. The normalized spacial score (nSPS) is 13.9. The molecule has 0 aliphatic heterocycles. The minimum absolute atomic E-state index is 0.0415. The summed E-state index contributed by atoms with van der Waals surface area (Å²) < 4.78 is 0. The van der Waals surface area contributed by atoms with Gasteiger partial charge in [-0.05, 0) is 77.5 Å². The molecule has 80 heavy (non-hydrogen) atoms. The van der Waals surface area contributed by atoms with E-state index in [9.17, 15) is 30.0 Å². The van der Waals surface area contributed by atoms with Crippen LogP contribution in [0.3, 0.4) is 0 Å². The summed E-state index contributed by atoms with van der Waals surface area (Å²) in [5.74, 6) is 1.56. The van der Waals surface area contributed by atoms with E-state index >= 15 is 0 Å². The maximum Gasteiger partial charge on any atom is 0.244 e. The Morgan fingerprint density at radius 1 is 0.362 bits per heavy atom. The smallest absolute Gasteiger partial charge is 0.244 e. The SMILES string of the molecule is CCCCCCCCCCC(O)CN(CCCCSSCCC(NC(=O)CCCN(CC(O)CCCCCCCCCC)CC(O)CCCCCCCCCC)C(=O)N(C)CCN(CC)CC)CC(O)CCCCCCCCCC. The van der Waals surface area contributed by atoms with Crippen LogP contribution in [0.4, 0.5) is 0 Å². The van der Waals surface area contributed by atoms with Crippen LogP contribution < -0.4 is 5.32 Å². The summed E-state index contributed by atoms with van der Waals surface area (Å²) in [5.41, 5.74) is 0. The Bertz CT molecular complexity index is 1250. The molecule has 13 heteroatoms. The number of amides is 2. The highest BCUT2D eigenvalue weighted by Gasteiger charge is 2.25. The van der Waals surface area contributed by atoms with Crippen LogP contribution in [0.1, 0.15) is 305 Å². The van der Waals surface area contributed by atoms with Gasteiger partial charge in [0, 0.05) is 64.2 Å². The number of aliphatic hydroxyl groups is 4. The molecular weight excluding hydrogens is 1030 g/mol. The fourth-order valence-electron chi connectivity index (χ4n) is 11.1. The first-order valence-corrected chi connectivity index (χ1v) is 37.1. The molecule has 0 aromatic heterocycles. The standard InChI is InChI=1S/C67H137N5O6S2/c1-8-14-18-22-26-30-34-38-45-61(73)57-71(58-62(74)46-39-35-31-27-23-19-15-9-2)51-42-43-55-79-80-56-50-65(67(78)69(7)53-54-70(12-5)13-6)68-66(77)49-44-52-72(59-63(75)47-40-36-32-28-24-20-16-10-3)60-64(76)48-41-37-33-29-25-21-17-11-4/h61-65,73-76H,8-60H2,1-7H3,(H,68,77). The molecule has 0 radical (unpaired) electrons. The van der Waals surface area contributed by atoms with Crippen LogP contribution >= 0.6 is 21.6 Å². The lowest BCUT2D eigenvalue weighted by Crippen LogP contribution is -2.49. The third-order valence-electron chi connectivity index (χ3n) is 16.5. The first-order chi connectivity index (χ1) is 38.9. The van der Waals surface area contributed by atoms with Crippen molar-refractivity contribution in [2.75, 3.05) is 84.0 Å². The fraction of sp³-hybridized carbons (Fsp3) is 0.970. The van der Waals surface area contributed by atoms with Crippen LogP contribution in [0.2, 0.25) is 0 Å². The fourth-order valence-corrected chi connectivity index (χ4v) is 13.3. The van der Waals surface area contributed by atoms with Gasteiger partial charge in [0.25, 0.3) is 0 Å². The zero-order chi connectivity index (χ0) is 58.9. The number of likely N-dealkylation sites (N-methyl/N-ethyl adjacent to an activating group) is 2. The largest absolute Gasteiger partial charge is 0.392 e. The average molecular weight is 1170 g/mol. The van der Waals surface area contributed by atoms with Crippen molar-refractivity contribution in [2.45, 2.75) is 335 Å². The number of unbranched alkanes of at least 4 members (excludes halogenated alkanes) is 29. The molecule has 0 aromatic rings. The van der Waals surface area contributed by atoms with Gasteiger partial charge in [-0.1, -0.05) is 269 Å². The van der Waals surface area contributed by atoms with Crippen molar-refractivity contribution in [2.24, 2.45) is 0 Å². The minimum Gasteiger partial charge on any atom is -0.392 e. The lowest BCUT2D eigenvalue weighted by molar-refractivity contribution is -0.135. The van der Waals surface area contributed by atoms with Gasteiger partial charge in [-0.15, -0.1) is 0 Å². The molecule has 0 bridgehead atoms. The maximum atomic E-state index is 14.0. The third-order valence-corrected chi connectivity index (χ3v) is 19.0. The minimum atomic E-state index is -0.599. The van der Waals surface area contributed by atoms with E-state index in [-0.39, 0.29) is 30.4 Å². The monoisotopic (exact) mass is 1170 g/mol. The average Bonchev–Trinajstić information content (AvgIpc) is 3.44. The van der Waals surface area contributed by atoms with E-state index in [4.69, 9.17) is 0 Å². The summed E-state index contributed by atoms with van der Waals surface area (Å²) in [4.78, 5) is 36.3. The van der Waals surface area contributed by atoms with Gasteiger partial charge in [0.2, 0.25) is 11.8 Å². The zero-order valence-electron chi connectivity index (χ0n) is 54.1. The Labute approximate surface area is 505 Å². The first-order valence-electron chi connectivity index (χ1n) is 34.6. The lowest BCUT2D eigenvalue weighted by atomic mass is 10.0. The Balaban J connectivity index is 5.45. The summed E-state index contributed by atoms with van der Waals surface area (Å²) in [7, 11) is 5.47. The van der Waals surface area contributed by atoms with E-state index in [2.05, 4.69) is 61.6 Å². The molecule has 11 nitrogen and oxygen atoms in total. The van der Waals surface area contributed by atoms with Crippen molar-refractivity contribution in [3.63, 3.8) is 0 Å². The van der Waals surface area contributed by atoms with Crippen molar-refractivity contribution >= 4 is 33.4 Å². The van der Waals surface area contributed by atoms with Gasteiger partial charge in [0.05, 0.1) is 24.4 Å². The number of hydrogen-bond donors (Lipinski definition) is 5. The molecule has 0 saturated carbocycles. The molecule has 0 fully saturated rings. The van der Waals surface area contributed by atoms with Gasteiger partial charge in [-0.2, -0.15) is 0 Å². The van der Waals surface area contributed by atoms with Crippen molar-refractivity contribution < 1.29 is 30.0 Å². The second-order valence-corrected chi connectivity index (χ2v) is 27.0. The van der Waals surface area contributed by atoms with Crippen LogP contribution in [0.5, 0.6) is 0 Å². The quantitative estimate of drug-likeness (QED) is 0.0294. The molecule has 2 amide bonds. The van der Waals surface area contributed by atoms with E-state index < -0.39 is 18.2 Å². The zero-order valence-corrected chi connectivity index (χ0v) is 55.7. The summed E-state index contributed by atoms with van der Waals surface area (Å²) >= 11 is 0. The van der Waals surface area contributed by atoms with Crippen LogP contribution in [0.15, 0.2) is 0 Å². The van der Waals surface area contributed by atoms with Gasteiger partial charge in [0.1, 0.15) is 6.04 Å². The molecule has 5 N–H and O–H groups in total. The summed E-state index contributed by atoms with van der Waals surface area (Å²) in [6.45, 7) is 20.3. The van der Waals surface area contributed by atoms with Gasteiger partial charge < -0.3 is 35.5 Å². The molecule has 0 aromatic carbocycles. The predicted octanol–water partition coefficient (Wildman–Crippen LogP) is 15.8. The van der Waals surface area contributed by atoms with Crippen LogP contribution in [-0.2, 0) is 9.59 Å². The summed E-state index contributed by atoms with van der Waals surface area (Å²) in [6.07, 6.45) is 44.8. The molecule has 478 valence electrons. The van der Waals surface area contributed by atoms with Crippen molar-refractivity contribution in [1.29, 1.82) is 0 Å². The van der Waals surface area contributed by atoms with Gasteiger partial charge in [-0.3, -0.25) is 19.4 Å². The Morgan fingerprint density at radius 2 is 0.688 bits per heavy atom. The second-order valence-electron chi connectivity index (χ2n) is 24.3. The molecule has 5 atom stereocenters. The van der Waals surface area contributed by atoms with Gasteiger partial charge in [-0.25, -0.2) is 0 Å². The number of hydrogen-bond acceptors (Lipinski definition) is 11. The lowest BCUT2D eigenvalue weighted by Gasteiger charge is -2.28. The number of carbonyl (C=O) groups excluding carboxylic acids is 2. The molecule has 0 spiro atoms. The van der Waals surface area contributed by atoms with Crippen LogP contribution in [-0.4, -0.2) is 166 Å². The van der Waals surface area contributed by atoms with Gasteiger partial charge in [0.15, 0.2) is 0 Å². The Morgan fingerprint density at radius 3 is 1.04 bits per heavy atom. The maximum absolute atomic E-state index is 14.0. The van der Waals surface area contributed by atoms with E-state index in [0.29, 0.717) is 52.1 Å². The number of carbonyl (C=O) groups is 2. The molecule has 0 aliphatic carbocycles. The van der Waals surface area contributed by atoms with Crippen molar-refractivity contribution in [1.82, 2.24) is 24.9 Å². The van der Waals surface area contributed by atoms with Crippen LogP contribution in [0, 0.1) is 0 Å². The molecule has 5 unspecified atom stereocenters. The second kappa shape index (κ2) is 60.1. The highest BCUT2D eigenvalue weighted by atomic mass is 33.1. The highest BCUT2D eigenvalue weighted by Crippen LogP contribution is 2.25. The van der Waals surface area contributed by atoms with E-state index in [0.717, 1.165) is 115 Å². The first kappa shape index (κ1) is 79.4. The third kappa shape index (κ3) is 51.8.